The van der Waals surface area contributed by atoms with E-state index in [1.54, 1.807) is 30.3 Å². The number of carboxylic acid groups (broad SMARTS) is 1. The number of rotatable bonds is 9. The van der Waals surface area contributed by atoms with E-state index in [9.17, 15) is 14.4 Å². The number of fused-ring (bicyclic) bond motifs is 1. The Kier molecular flexibility index (Phi) is 8.42. The molecule has 0 spiro atoms. The highest BCUT2D eigenvalue weighted by Gasteiger charge is 2.27. The van der Waals surface area contributed by atoms with Crippen LogP contribution in [0.5, 0.6) is 11.5 Å². The lowest BCUT2D eigenvalue weighted by molar-refractivity contribution is -0.132. The van der Waals surface area contributed by atoms with Gasteiger partial charge in [0.25, 0.3) is 5.91 Å². The number of nitrogens with zero attached hydrogens (tertiary/aromatic N) is 1. The number of hydrogen-bond donors (Lipinski definition) is 4. The van der Waals surface area contributed by atoms with Crippen LogP contribution in [0.2, 0.25) is 10.0 Å². The molecule has 0 atom stereocenters. The topological polar surface area (TPSA) is 129 Å². The summed E-state index contributed by atoms with van der Waals surface area (Å²) in [6.45, 7) is 2.96. The van der Waals surface area contributed by atoms with E-state index in [1.165, 1.54) is 5.01 Å². The first kappa shape index (κ1) is 26.6. The van der Waals surface area contributed by atoms with Crippen molar-refractivity contribution in [2.24, 2.45) is 0 Å². The van der Waals surface area contributed by atoms with Crippen LogP contribution in [-0.4, -0.2) is 41.4 Å². The molecule has 0 unspecified atom stereocenters. The molecule has 2 aliphatic rings. The lowest BCUT2D eigenvalue weighted by Gasteiger charge is -2.30. The molecule has 0 aromatic heterocycles. The van der Waals surface area contributed by atoms with Crippen molar-refractivity contribution < 1.29 is 29.0 Å². The minimum Gasteiger partial charge on any atom is -0.465 e. The standard InChI is InChI=1S/C25H26Cl2N4O6/c1-14-4-5-31(30-12-17-7-21-22(9-20(17)27)37-13-36-21)24(33)19(14)8-23(32)28-11-16-6-18(26)3-2-15(16)10-29-25(34)35/h2-3,6-7,9,29-30H,4-5,8,10-13H2,1H3,(H,28,32)(H,34,35). The molecule has 0 radical (unpaired) electrons. The fourth-order valence-corrected chi connectivity index (χ4v) is 4.46. The highest BCUT2D eigenvalue weighted by atomic mass is 35.5. The van der Waals surface area contributed by atoms with Crippen molar-refractivity contribution in [3.63, 3.8) is 0 Å². The molecule has 0 aliphatic carbocycles. The number of carbonyl (C=O) groups excluding carboxylic acids is 2. The lowest BCUT2D eigenvalue weighted by Crippen LogP contribution is -2.47. The largest absolute Gasteiger partial charge is 0.465 e. The highest BCUT2D eigenvalue weighted by molar-refractivity contribution is 6.31. The molecule has 2 aromatic rings. The number of ether oxygens (including phenoxy) is 2. The van der Waals surface area contributed by atoms with E-state index in [4.69, 9.17) is 37.8 Å². The minimum atomic E-state index is -1.15. The molecule has 2 aromatic carbocycles. The van der Waals surface area contributed by atoms with Gasteiger partial charge in [0.1, 0.15) is 0 Å². The van der Waals surface area contributed by atoms with E-state index < -0.39 is 6.09 Å². The molecule has 2 aliphatic heterocycles. The summed E-state index contributed by atoms with van der Waals surface area (Å²) in [5.41, 5.74) is 6.50. The average molecular weight is 549 g/mol. The number of halogens is 2. The van der Waals surface area contributed by atoms with Crippen LogP contribution >= 0.6 is 23.2 Å². The molecule has 0 saturated heterocycles. The first-order valence-electron chi connectivity index (χ1n) is 11.5. The van der Waals surface area contributed by atoms with Gasteiger partial charge in [0.2, 0.25) is 12.7 Å². The van der Waals surface area contributed by atoms with Crippen LogP contribution in [0.4, 0.5) is 4.79 Å². The second-order valence-electron chi connectivity index (χ2n) is 8.62. The Morgan fingerprint density at radius 1 is 1.00 bits per heavy atom. The molecule has 10 nitrogen and oxygen atoms in total. The van der Waals surface area contributed by atoms with Gasteiger partial charge in [-0.05, 0) is 48.2 Å². The summed E-state index contributed by atoms with van der Waals surface area (Å²) < 4.78 is 10.7. The summed E-state index contributed by atoms with van der Waals surface area (Å²) >= 11 is 12.4. The van der Waals surface area contributed by atoms with Crippen molar-refractivity contribution in [3.8, 4) is 11.5 Å². The second kappa shape index (κ2) is 11.7. The van der Waals surface area contributed by atoms with Gasteiger partial charge in [-0.15, -0.1) is 0 Å². The summed E-state index contributed by atoms with van der Waals surface area (Å²) in [7, 11) is 0. The smallest absolute Gasteiger partial charge is 0.404 e. The number of hydrogen-bond acceptors (Lipinski definition) is 6. The first-order valence-corrected chi connectivity index (χ1v) is 12.3. The molecule has 0 bridgehead atoms. The molecule has 4 N–H and O–H groups in total. The van der Waals surface area contributed by atoms with Crippen LogP contribution in [0, 0.1) is 0 Å². The number of benzene rings is 2. The zero-order valence-corrected chi connectivity index (χ0v) is 21.5. The van der Waals surface area contributed by atoms with Crippen molar-refractivity contribution in [3.05, 3.63) is 68.2 Å². The third-order valence-electron chi connectivity index (χ3n) is 6.14. The molecular weight excluding hydrogens is 523 g/mol. The normalized spacial score (nSPS) is 14.7. The van der Waals surface area contributed by atoms with Crippen LogP contribution in [0.1, 0.15) is 36.5 Å². The Morgan fingerprint density at radius 2 is 1.73 bits per heavy atom. The van der Waals surface area contributed by atoms with Gasteiger partial charge < -0.3 is 25.2 Å². The van der Waals surface area contributed by atoms with E-state index in [0.29, 0.717) is 57.8 Å². The van der Waals surface area contributed by atoms with Crippen LogP contribution in [0.15, 0.2) is 41.5 Å². The molecule has 12 heteroatoms. The Hall–Kier alpha value is -3.47. The molecule has 2 heterocycles. The van der Waals surface area contributed by atoms with Crippen molar-refractivity contribution in [2.45, 2.75) is 39.4 Å². The first-order chi connectivity index (χ1) is 17.7. The highest BCUT2D eigenvalue weighted by Crippen LogP contribution is 2.36. The molecule has 196 valence electrons. The number of nitrogens with one attached hydrogen (secondary N) is 3. The fraction of sp³-hybridized carbons (Fsp3) is 0.320. The maximum atomic E-state index is 13.2. The van der Waals surface area contributed by atoms with Gasteiger partial charge in [-0.3, -0.25) is 14.6 Å². The van der Waals surface area contributed by atoms with Crippen LogP contribution in [0.25, 0.3) is 0 Å². The molecule has 0 fully saturated rings. The Labute approximate surface area is 223 Å². The van der Waals surface area contributed by atoms with Gasteiger partial charge in [0.15, 0.2) is 11.5 Å². The van der Waals surface area contributed by atoms with E-state index in [0.717, 1.165) is 11.1 Å². The monoisotopic (exact) mass is 548 g/mol. The van der Waals surface area contributed by atoms with Crippen LogP contribution < -0.4 is 25.5 Å². The predicted molar refractivity (Wildman–Crippen MR) is 136 cm³/mol. The zero-order valence-electron chi connectivity index (χ0n) is 20.0. The maximum absolute atomic E-state index is 13.2. The van der Waals surface area contributed by atoms with Crippen LogP contribution in [0.3, 0.4) is 0 Å². The Balaban J connectivity index is 1.35. The molecule has 4 rings (SSSR count). The fourth-order valence-electron chi connectivity index (χ4n) is 4.05. The summed E-state index contributed by atoms with van der Waals surface area (Å²) in [6, 6.07) is 8.48. The number of carbonyl (C=O) groups is 3. The zero-order chi connectivity index (χ0) is 26.5. The van der Waals surface area contributed by atoms with Gasteiger partial charge in [-0.2, -0.15) is 0 Å². The van der Waals surface area contributed by atoms with Crippen molar-refractivity contribution >= 4 is 41.1 Å². The SMILES string of the molecule is CC1=C(CC(=O)NCc2cc(Cl)ccc2CNC(=O)O)C(=O)N(NCc2cc3c(cc2Cl)OCO3)CC1. The third-order valence-corrected chi connectivity index (χ3v) is 6.73. The van der Waals surface area contributed by atoms with E-state index in [2.05, 4.69) is 16.1 Å². The summed E-state index contributed by atoms with van der Waals surface area (Å²) in [5.74, 6) is 0.573. The summed E-state index contributed by atoms with van der Waals surface area (Å²) in [6.07, 6.45) is -0.617. The number of amides is 3. The Morgan fingerprint density at radius 3 is 2.49 bits per heavy atom. The summed E-state index contributed by atoms with van der Waals surface area (Å²) in [4.78, 5) is 36.8. The second-order valence-corrected chi connectivity index (χ2v) is 9.47. The summed E-state index contributed by atoms with van der Waals surface area (Å²) in [5, 5.41) is 16.4. The molecule has 0 saturated carbocycles. The molecule has 37 heavy (non-hydrogen) atoms. The van der Waals surface area contributed by atoms with Gasteiger partial charge in [-0.25, -0.2) is 10.2 Å². The quantitative estimate of drug-likeness (QED) is 0.375. The van der Waals surface area contributed by atoms with E-state index >= 15 is 0 Å². The van der Waals surface area contributed by atoms with Crippen molar-refractivity contribution in [2.75, 3.05) is 13.3 Å². The van der Waals surface area contributed by atoms with E-state index in [1.807, 2.05) is 6.92 Å². The predicted octanol–water partition coefficient (Wildman–Crippen LogP) is 3.75. The van der Waals surface area contributed by atoms with Gasteiger partial charge in [-0.1, -0.05) is 34.8 Å². The maximum Gasteiger partial charge on any atom is 0.404 e. The third kappa shape index (κ3) is 6.65. The van der Waals surface area contributed by atoms with Crippen molar-refractivity contribution in [1.82, 2.24) is 21.1 Å². The molecular formula is C25H26Cl2N4O6. The lowest BCUT2D eigenvalue weighted by atomic mass is 9.98. The molecule has 3 amide bonds. The minimum absolute atomic E-state index is 0.0778. The Bertz CT molecular complexity index is 1270. The van der Waals surface area contributed by atoms with Crippen LogP contribution in [-0.2, 0) is 29.2 Å². The van der Waals surface area contributed by atoms with Gasteiger partial charge >= 0.3 is 6.09 Å². The van der Waals surface area contributed by atoms with Crippen molar-refractivity contribution in [1.29, 1.82) is 0 Å². The average Bonchev–Trinajstić information content (AvgIpc) is 3.31. The number of hydrazine groups is 1. The van der Waals surface area contributed by atoms with Gasteiger partial charge in [0, 0.05) is 47.9 Å². The van der Waals surface area contributed by atoms with E-state index in [-0.39, 0.29) is 38.1 Å². The van der Waals surface area contributed by atoms with Gasteiger partial charge in [0.05, 0.1) is 6.42 Å².